The van der Waals surface area contributed by atoms with E-state index in [1.54, 1.807) is 20.8 Å². The quantitative estimate of drug-likeness (QED) is 0.662. The number of nitrogens with zero attached hydrogens (tertiary/aromatic N) is 1. The zero-order valence-corrected chi connectivity index (χ0v) is 17.7. The van der Waals surface area contributed by atoms with E-state index in [0.717, 1.165) is 0 Å². The van der Waals surface area contributed by atoms with Crippen molar-refractivity contribution in [3.63, 3.8) is 0 Å². The highest BCUT2D eigenvalue weighted by atomic mass is 35.5. The summed E-state index contributed by atoms with van der Waals surface area (Å²) in [6, 6.07) is 5.33. The van der Waals surface area contributed by atoms with Crippen LogP contribution in [-0.4, -0.2) is 46.2 Å². The number of hydrogen-bond acceptors (Lipinski definition) is 7. The Labute approximate surface area is 170 Å². The zero-order chi connectivity index (χ0) is 21.1. The minimum absolute atomic E-state index is 0.0676. The van der Waals surface area contributed by atoms with Gasteiger partial charge in [-0.3, -0.25) is 4.79 Å². The van der Waals surface area contributed by atoms with E-state index in [1.807, 2.05) is 6.07 Å². The van der Waals surface area contributed by atoms with Crippen molar-refractivity contribution in [2.45, 2.75) is 50.3 Å². The minimum atomic E-state index is -3.90. The van der Waals surface area contributed by atoms with Crippen LogP contribution in [0.25, 0.3) is 0 Å². The molecule has 0 spiro atoms. The Morgan fingerprint density at radius 3 is 2.68 bits per heavy atom. The van der Waals surface area contributed by atoms with Crippen molar-refractivity contribution in [1.29, 1.82) is 5.26 Å². The monoisotopic (exact) mass is 429 g/mol. The summed E-state index contributed by atoms with van der Waals surface area (Å²) in [5, 5.41) is 12.7. The average Bonchev–Trinajstić information content (AvgIpc) is 3.06. The van der Waals surface area contributed by atoms with E-state index >= 15 is 0 Å². The number of carbonyl (C=O) groups is 1. The van der Waals surface area contributed by atoms with Gasteiger partial charge in [0.2, 0.25) is 16.1 Å². The van der Waals surface area contributed by atoms with Crippen LogP contribution in [0.4, 0.5) is 0 Å². The minimum Gasteiger partial charge on any atom is -0.495 e. The van der Waals surface area contributed by atoms with E-state index in [4.69, 9.17) is 21.1 Å². The second-order valence-electron chi connectivity index (χ2n) is 7.57. The van der Waals surface area contributed by atoms with Crippen molar-refractivity contribution in [2.24, 2.45) is 5.41 Å². The van der Waals surface area contributed by atoms with Gasteiger partial charge in [-0.2, -0.15) is 5.26 Å². The molecule has 154 valence electrons. The Kier molecular flexibility index (Phi) is 6.93. The molecular formula is C18H24ClN3O5S. The van der Waals surface area contributed by atoms with Crippen molar-refractivity contribution in [3.8, 4) is 11.8 Å². The summed E-state index contributed by atoms with van der Waals surface area (Å²) >= 11 is 5.92. The number of halogens is 1. The number of ether oxygens (including phenoxy) is 2. The highest BCUT2D eigenvalue weighted by Crippen LogP contribution is 2.28. The van der Waals surface area contributed by atoms with Crippen molar-refractivity contribution < 1.29 is 22.7 Å². The lowest BCUT2D eigenvalue weighted by atomic mass is 9.97. The molecule has 28 heavy (non-hydrogen) atoms. The molecular weight excluding hydrogens is 406 g/mol. The van der Waals surface area contributed by atoms with E-state index in [0.29, 0.717) is 0 Å². The molecule has 1 heterocycles. The molecule has 3 unspecified atom stereocenters. The lowest BCUT2D eigenvalue weighted by Crippen LogP contribution is -2.39. The molecule has 1 aliphatic rings. The smallest absolute Gasteiger partial charge is 0.312 e. The van der Waals surface area contributed by atoms with Gasteiger partial charge in [0.1, 0.15) is 16.7 Å². The van der Waals surface area contributed by atoms with Crippen LogP contribution >= 0.6 is 11.6 Å². The molecule has 0 amide bonds. The van der Waals surface area contributed by atoms with Gasteiger partial charge in [-0.1, -0.05) is 11.6 Å². The average molecular weight is 430 g/mol. The number of benzene rings is 1. The summed E-state index contributed by atoms with van der Waals surface area (Å²) < 4.78 is 38.5. The number of hydrogen-bond donors (Lipinski definition) is 2. The Morgan fingerprint density at radius 1 is 1.43 bits per heavy atom. The summed E-state index contributed by atoms with van der Waals surface area (Å²) in [6.45, 7) is 5.38. The van der Waals surface area contributed by atoms with Crippen LogP contribution in [0.15, 0.2) is 23.1 Å². The first-order valence-electron chi connectivity index (χ1n) is 8.68. The fourth-order valence-corrected chi connectivity index (χ4v) is 4.40. The Balaban J connectivity index is 2.09. The van der Waals surface area contributed by atoms with Crippen molar-refractivity contribution in [2.75, 3.05) is 13.7 Å². The Morgan fingerprint density at radius 2 is 2.11 bits per heavy atom. The first-order chi connectivity index (χ1) is 13.0. The van der Waals surface area contributed by atoms with E-state index in [-0.39, 0.29) is 28.6 Å². The fraction of sp³-hybridized carbons (Fsp3) is 0.556. The SMILES string of the molecule is COc1ccc(Cl)cc1S(=O)(=O)NC1CNC(C(C#N)OC(=O)C(C)(C)C)C1. The molecule has 0 radical (unpaired) electrons. The molecule has 1 fully saturated rings. The number of esters is 1. The highest BCUT2D eigenvalue weighted by molar-refractivity contribution is 7.89. The Bertz CT molecular complexity index is 876. The van der Waals surface area contributed by atoms with Crippen LogP contribution in [0.1, 0.15) is 27.2 Å². The lowest BCUT2D eigenvalue weighted by Gasteiger charge is -2.23. The summed E-state index contributed by atoms with van der Waals surface area (Å²) in [4.78, 5) is 12.0. The maximum Gasteiger partial charge on any atom is 0.312 e. The molecule has 3 atom stereocenters. The molecule has 0 bridgehead atoms. The molecule has 0 aliphatic carbocycles. The van der Waals surface area contributed by atoms with E-state index < -0.39 is 39.6 Å². The van der Waals surface area contributed by atoms with Gasteiger partial charge in [-0.05, 0) is 45.4 Å². The number of methoxy groups -OCH3 is 1. The predicted octanol–water partition coefficient (Wildman–Crippen LogP) is 1.84. The van der Waals surface area contributed by atoms with Crippen LogP contribution in [-0.2, 0) is 19.6 Å². The number of carbonyl (C=O) groups excluding carboxylic acids is 1. The van der Waals surface area contributed by atoms with Crippen molar-refractivity contribution in [3.05, 3.63) is 23.2 Å². The molecule has 2 N–H and O–H groups in total. The van der Waals surface area contributed by atoms with Gasteiger partial charge in [0, 0.05) is 17.6 Å². The van der Waals surface area contributed by atoms with Gasteiger partial charge < -0.3 is 14.8 Å². The molecule has 1 aromatic rings. The van der Waals surface area contributed by atoms with Crippen LogP contribution in [0, 0.1) is 16.7 Å². The van der Waals surface area contributed by atoms with E-state index in [9.17, 15) is 18.5 Å². The maximum atomic E-state index is 12.7. The topological polar surface area (TPSA) is 118 Å². The van der Waals surface area contributed by atoms with Gasteiger partial charge in [-0.25, -0.2) is 13.1 Å². The second-order valence-corrected chi connectivity index (χ2v) is 9.69. The van der Waals surface area contributed by atoms with E-state index in [2.05, 4.69) is 10.0 Å². The maximum absolute atomic E-state index is 12.7. The number of rotatable bonds is 6. The summed E-state index contributed by atoms with van der Waals surface area (Å²) in [5.74, 6) is -0.318. The second kappa shape index (κ2) is 8.66. The first kappa shape index (κ1) is 22.4. The fourth-order valence-electron chi connectivity index (χ4n) is 2.72. The summed E-state index contributed by atoms with van der Waals surface area (Å²) in [5.41, 5.74) is -0.738. The molecule has 10 heteroatoms. The van der Waals surface area contributed by atoms with Crippen LogP contribution < -0.4 is 14.8 Å². The molecule has 8 nitrogen and oxygen atoms in total. The van der Waals surface area contributed by atoms with Gasteiger partial charge in [-0.15, -0.1) is 0 Å². The Hall–Kier alpha value is -1.86. The number of nitrogens with one attached hydrogen (secondary N) is 2. The molecule has 1 aliphatic heterocycles. The molecule has 0 aromatic heterocycles. The third-order valence-electron chi connectivity index (χ3n) is 4.24. The van der Waals surface area contributed by atoms with Crippen LogP contribution in [0.5, 0.6) is 5.75 Å². The van der Waals surface area contributed by atoms with E-state index in [1.165, 1.54) is 25.3 Å². The highest BCUT2D eigenvalue weighted by Gasteiger charge is 2.37. The summed E-state index contributed by atoms with van der Waals surface area (Å²) in [7, 11) is -2.53. The summed E-state index contributed by atoms with van der Waals surface area (Å²) in [6.07, 6.45) is -0.723. The largest absolute Gasteiger partial charge is 0.495 e. The third kappa shape index (κ3) is 5.35. The number of nitriles is 1. The molecule has 2 rings (SSSR count). The third-order valence-corrected chi connectivity index (χ3v) is 6.02. The zero-order valence-electron chi connectivity index (χ0n) is 16.2. The van der Waals surface area contributed by atoms with Crippen molar-refractivity contribution in [1.82, 2.24) is 10.0 Å². The van der Waals surface area contributed by atoms with Crippen LogP contribution in [0.3, 0.4) is 0 Å². The molecule has 1 saturated heterocycles. The first-order valence-corrected chi connectivity index (χ1v) is 10.5. The number of sulfonamides is 1. The molecule has 0 saturated carbocycles. The van der Waals surface area contributed by atoms with Gasteiger partial charge in [0.25, 0.3) is 0 Å². The van der Waals surface area contributed by atoms with Gasteiger partial charge in [0.05, 0.1) is 18.6 Å². The van der Waals surface area contributed by atoms with Gasteiger partial charge in [0.15, 0.2) is 0 Å². The predicted molar refractivity (Wildman–Crippen MR) is 103 cm³/mol. The normalized spacial score (nSPS) is 21.0. The molecule has 1 aromatic carbocycles. The van der Waals surface area contributed by atoms with Gasteiger partial charge >= 0.3 is 5.97 Å². The standard InChI is InChI=1S/C18H24ClN3O5S/c1-18(2,3)17(23)27-15(9-20)13-8-12(10-21-13)22-28(24,25)16-7-11(19)5-6-14(16)26-4/h5-7,12-13,15,21-22H,8,10H2,1-4H3. The van der Waals surface area contributed by atoms with Crippen LogP contribution in [0.2, 0.25) is 5.02 Å². The van der Waals surface area contributed by atoms with Crippen molar-refractivity contribution >= 4 is 27.6 Å². The lowest BCUT2D eigenvalue weighted by molar-refractivity contribution is -0.157.